The largest absolute Gasteiger partial charge is 0.356 e. The smallest absolute Gasteiger partial charge is 0.221 e. The quantitative estimate of drug-likeness (QED) is 0.0455. The number of amides is 2. The van der Waals surface area contributed by atoms with Crippen molar-refractivity contribution in [1.29, 1.82) is 0 Å². The van der Waals surface area contributed by atoms with Crippen molar-refractivity contribution >= 4 is 17.6 Å². The molecule has 0 fully saturated rings. The summed E-state index contributed by atoms with van der Waals surface area (Å²) in [5.74, 6) is 0.685. The summed E-state index contributed by atoms with van der Waals surface area (Å²) >= 11 is 0. The summed E-state index contributed by atoms with van der Waals surface area (Å²) in [6.45, 7) is 14.4. The number of rotatable bonds is 50. The van der Waals surface area contributed by atoms with E-state index in [4.69, 9.17) is 0 Å². The lowest BCUT2D eigenvalue weighted by molar-refractivity contribution is -0.122. The number of carbonyl (C=O) groups excluding carboxylic acids is 3. The lowest BCUT2D eigenvalue weighted by Crippen LogP contribution is -2.33. The maximum Gasteiger partial charge on any atom is 0.221 e. The van der Waals surface area contributed by atoms with E-state index in [1.54, 1.807) is 0 Å². The molecule has 0 aromatic carbocycles. The second kappa shape index (κ2) is 49.1. The fourth-order valence-corrected chi connectivity index (χ4v) is 7.87. The van der Waals surface area contributed by atoms with E-state index < -0.39 is 0 Å². The molecule has 0 radical (unpaired) electrons. The van der Waals surface area contributed by atoms with Crippen LogP contribution >= 0.6 is 0 Å². The summed E-state index contributed by atoms with van der Waals surface area (Å²) in [5, 5.41) is 13.2. The molecule has 0 aliphatic heterocycles. The zero-order chi connectivity index (χ0) is 43.0. The molecule has 0 aromatic heterocycles. The fourth-order valence-electron chi connectivity index (χ4n) is 7.87. The van der Waals surface area contributed by atoms with E-state index >= 15 is 0 Å². The van der Waals surface area contributed by atoms with E-state index in [-0.39, 0.29) is 11.8 Å². The second-order valence-electron chi connectivity index (χ2n) is 17.8. The van der Waals surface area contributed by atoms with Crippen LogP contribution in [0.25, 0.3) is 0 Å². The Labute approximate surface area is 367 Å². The summed E-state index contributed by atoms with van der Waals surface area (Å²) in [7, 11) is 0. The summed E-state index contributed by atoms with van der Waals surface area (Å²) in [6, 6.07) is 0. The van der Waals surface area contributed by atoms with Gasteiger partial charge < -0.3 is 26.2 Å². The van der Waals surface area contributed by atoms with Crippen LogP contribution in [0.15, 0.2) is 0 Å². The van der Waals surface area contributed by atoms with E-state index in [2.05, 4.69) is 46.9 Å². The highest BCUT2D eigenvalue weighted by atomic mass is 16.2. The van der Waals surface area contributed by atoms with Crippen molar-refractivity contribution in [3.8, 4) is 0 Å². The second-order valence-corrected chi connectivity index (χ2v) is 17.8. The van der Waals surface area contributed by atoms with Gasteiger partial charge in [-0.1, -0.05) is 188 Å². The van der Waals surface area contributed by atoms with Crippen molar-refractivity contribution in [3.05, 3.63) is 0 Å². The van der Waals surface area contributed by atoms with Gasteiger partial charge in [0.25, 0.3) is 0 Å². The molecule has 0 aromatic rings. The van der Waals surface area contributed by atoms with Crippen molar-refractivity contribution in [1.82, 2.24) is 26.2 Å². The molecular weight excluding hydrogens is 731 g/mol. The Kier molecular flexibility index (Phi) is 47.9. The van der Waals surface area contributed by atoms with Crippen LogP contribution in [-0.2, 0) is 14.4 Å². The topological polar surface area (TPSA) is 103 Å². The van der Waals surface area contributed by atoms with Gasteiger partial charge in [0.05, 0.1) is 0 Å². The number of ketones is 1. The SMILES string of the molecule is CCCCCCCCCCCCNC(=O)CCNCCCNCCCCN(CCC(=O)CCCCCCCCCCC)CCC(=O)NCCCCCCCCCCCC. The van der Waals surface area contributed by atoms with Crippen LogP contribution in [0.2, 0.25) is 0 Å². The Bertz CT molecular complexity index is 888. The Hall–Kier alpha value is -1.51. The summed E-state index contributed by atoms with van der Waals surface area (Å²) in [6.07, 6.45) is 43.2. The van der Waals surface area contributed by atoms with Crippen molar-refractivity contribution in [3.63, 3.8) is 0 Å². The van der Waals surface area contributed by atoms with Gasteiger partial charge in [-0.2, -0.15) is 0 Å². The molecule has 0 bridgehead atoms. The lowest BCUT2D eigenvalue weighted by atomic mass is 10.0. The molecule has 0 rings (SSSR count). The van der Waals surface area contributed by atoms with Gasteiger partial charge in [-0.05, 0) is 64.7 Å². The standard InChI is InChI=1S/C51H103N5O3/c1-4-7-10-13-16-19-22-25-28-31-43-54-50(58)37-45-53-42-35-41-52-40-33-34-46-56(47-38-49(57)36-30-27-24-21-18-15-12-9-6-3)48-39-51(59)55-44-32-29-26-23-20-17-14-11-8-5-2/h52-53H,4-48H2,1-3H3,(H,54,58)(H,55,59). The number of nitrogens with one attached hydrogen (secondary N) is 4. The van der Waals surface area contributed by atoms with Crippen LogP contribution in [0.1, 0.15) is 252 Å². The maximum atomic E-state index is 12.8. The third-order valence-corrected chi connectivity index (χ3v) is 11.9. The first-order chi connectivity index (χ1) is 29.0. The van der Waals surface area contributed by atoms with Crippen molar-refractivity contribution in [2.24, 2.45) is 0 Å². The van der Waals surface area contributed by atoms with Crippen LogP contribution in [0.3, 0.4) is 0 Å². The molecule has 0 heterocycles. The number of Topliss-reactive ketones (excluding diaryl/α,β-unsaturated/α-hetero) is 1. The van der Waals surface area contributed by atoms with E-state index in [0.29, 0.717) is 31.5 Å². The monoisotopic (exact) mass is 834 g/mol. The summed E-state index contributed by atoms with van der Waals surface area (Å²) < 4.78 is 0. The maximum absolute atomic E-state index is 12.8. The van der Waals surface area contributed by atoms with Crippen LogP contribution in [0.4, 0.5) is 0 Å². The number of hydrogen-bond donors (Lipinski definition) is 4. The molecule has 8 heteroatoms. The minimum absolute atomic E-state index is 0.146. The Morgan fingerprint density at radius 1 is 0.305 bits per heavy atom. The predicted molar refractivity (Wildman–Crippen MR) is 256 cm³/mol. The number of hydrogen-bond acceptors (Lipinski definition) is 6. The molecule has 0 aliphatic carbocycles. The first-order valence-electron chi connectivity index (χ1n) is 26.2. The van der Waals surface area contributed by atoms with E-state index in [9.17, 15) is 14.4 Å². The molecule has 0 unspecified atom stereocenters. The molecule has 8 nitrogen and oxygen atoms in total. The molecule has 350 valence electrons. The lowest BCUT2D eigenvalue weighted by Gasteiger charge is -2.22. The number of carbonyl (C=O) groups is 3. The molecular formula is C51H103N5O3. The molecule has 0 aliphatic rings. The van der Waals surface area contributed by atoms with Gasteiger partial charge in [-0.25, -0.2) is 0 Å². The van der Waals surface area contributed by atoms with Gasteiger partial charge in [-0.15, -0.1) is 0 Å². The third kappa shape index (κ3) is 47.4. The van der Waals surface area contributed by atoms with Gasteiger partial charge in [0.15, 0.2) is 0 Å². The summed E-state index contributed by atoms with van der Waals surface area (Å²) in [5.41, 5.74) is 0. The van der Waals surface area contributed by atoms with Crippen LogP contribution in [0.5, 0.6) is 0 Å². The molecule has 0 spiro atoms. The van der Waals surface area contributed by atoms with Gasteiger partial charge >= 0.3 is 0 Å². The highest BCUT2D eigenvalue weighted by Crippen LogP contribution is 2.13. The molecule has 2 amide bonds. The van der Waals surface area contributed by atoms with Gasteiger partial charge in [0, 0.05) is 58.4 Å². The molecule has 0 saturated heterocycles. The zero-order valence-electron chi connectivity index (χ0n) is 40.0. The average molecular weight is 834 g/mol. The Morgan fingerprint density at radius 3 is 1.14 bits per heavy atom. The first kappa shape index (κ1) is 57.5. The fraction of sp³-hybridized carbons (Fsp3) is 0.941. The molecule has 0 saturated carbocycles. The average Bonchev–Trinajstić information content (AvgIpc) is 3.23. The van der Waals surface area contributed by atoms with Crippen LogP contribution in [0, 0.1) is 0 Å². The molecule has 59 heavy (non-hydrogen) atoms. The minimum atomic E-state index is 0.146. The van der Waals surface area contributed by atoms with Crippen LogP contribution in [-0.4, -0.2) is 81.4 Å². The van der Waals surface area contributed by atoms with Gasteiger partial charge in [0.2, 0.25) is 11.8 Å². The summed E-state index contributed by atoms with van der Waals surface area (Å²) in [4.78, 5) is 40.0. The first-order valence-corrected chi connectivity index (χ1v) is 26.2. The highest BCUT2D eigenvalue weighted by Gasteiger charge is 2.11. The van der Waals surface area contributed by atoms with E-state index in [0.717, 1.165) is 97.4 Å². The zero-order valence-corrected chi connectivity index (χ0v) is 40.0. The van der Waals surface area contributed by atoms with E-state index in [1.807, 2.05) is 0 Å². The normalized spacial score (nSPS) is 11.5. The van der Waals surface area contributed by atoms with Crippen LogP contribution < -0.4 is 21.3 Å². The number of unbranched alkanes of at least 4 members (excludes halogenated alkanes) is 27. The Morgan fingerprint density at radius 2 is 0.661 bits per heavy atom. The predicted octanol–water partition coefficient (Wildman–Crippen LogP) is 12.4. The molecule has 4 N–H and O–H groups in total. The van der Waals surface area contributed by atoms with Gasteiger partial charge in [0.1, 0.15) is 5.78 Å². The van der Waals surface area contributed by atoms with Crippen molar-refractivity contribution < 1.29 is 14.4 Å². The van der Waals surface area contributed by atoms with Gasteiger partial charge in [-0.3, -0.25) is 14.4 Å². The minimum Gasteiger partial charge on any atom is -0.356 e. The highest BCUT2D eigenvalue weighted by molar-refractivity contribution is 5.78. The van der Waals surface area contributed by atoms with E-state index in [1.165, 1.54) is 167 Å². The Balaban J connectivity index is 4.12. The number of nitrogens with zero attached hydrogens (tertiary/aromatic N) is 1. The third-order valence-electron chi connectivity index (χ3n) is 11.9. The van der Waals surface area contributed by atoms with Crippen molar-refractivity contribution in [2.45, 2.75) is 252 Å². The van der Waals surface area contributed by atoms with Crippen molar-refractivity contribution in [2.75, 3.05) is 58.9 Å². The molecule has 0 atom stereocenters.